The first-order chi connectivity index (χ1) is 13.4. The van der Waals surface area contributed by atoms with Gasteiger partial charge in [0.15, 0.2) is 5.13 Å². The van der Waals surface area contributed by atoms with Crippen LogP contribution in [0.25, 0.3) is 11.3 Å². The van der Waals surface area contributed by atoms with Crippen molar-refractivity contribution < 1.29 is 14.4 Å². The number of hydrogen-bond donors (Lipinski definition) is 2. The lowest BCUT2D eigenvalue weighted by Gasteiger charge is -2.19. The van der Waals surface area contributed by atoms with Crippen LogP contribution in [0.2, 0.25) is 0 Å². The predicted octanol–water partition coefficient (Wildman–Crippen LogP) is 3.23. The number of carbonyl (C=O) groups is 3. The average Bonchev–Trinajstić information content (AvgIpc) is 3.33. The predicted molar refractivity (Wildman–Crippen MR) is 107 cm³/mol. The van der Waals surface area contributed by atoms with Crippen molar-refractivity contribution in [1.29, 1.82) is 0 Å². The monoisotopic (exact) mass is 398 g/mol. The van der Waals surface area contributed by atoms with E-state index in [4.69, 9.17) is 0 Å². The van der Waals surface area contributed by atoms with Crippen LogP contribution in [0.5, 0.6) is 0 Å². The SMILES string of the molecule is Cc1ccc(-c2csc(NC(=O)CN3C(=O)NC4(CCCC4)C3=O)n2)c(C)c1. The zero-order valence-electron chi connectivity index (χ0n) is 15.9. The fraction of sp³-hybridized carbons (Fsp3) is 0.400. The number of hydrogen-bond acceptors (Lipinski definition) is 5. The Balaban J connectivity index is 1.43. The molecule has 7 nitrogen and oxygen atoms in total. The summed E-state index contributed by atoms with van der Waals surface area (Å²) in [7, 11) is 0. The lowest BCUT2D eigenvalue weighted by atomic mass is 9.98. The summed E-state index contributed by atoms with van der Waals surface area (Å²) in [6, 6.07) is 5.64. The van der Waals surface area contributed by atoms with Crippen molar-refractivity contribution in [3.63, 3.8) is 0 Å². The lowest BCUT2D eigenvalue weighted by molar-refractivity contribution is -0.133. The summed E-state index contributed by atoms with van der Waals surface area (Å²) in [5, 5.41) is 7.81. The number of nitrogens with one attached hydrogen (secondary N) is 2. The second-order valence-corrected chi connectivity index (χ2v) is 8.37. The summed E-state index contributed by atoms with van der Waals surface area (Å²) in [6.07, 6.45) is 3.10. The van der Waals surface area contributed by atoms with Crippen molar-refractivity contribution in [2.24, 2.45) is 0 Å². The Morgan fingerprint density at radius 2 is 2.04 bits per heavy atom. The molecule has 1 aromatic carbocycles. The van der Waals surface area contributed by atoms with Gasteiger partial charge < -0.3 is 10.6 Å². The Morgan fingerprint density at radius 3 is 2.75 bits per heavy atom. The Hall–Kier alpha value is -2.74. The van der Waals surface area contributed by atoms with E-state index in [1.165, 1.54) is 16.9 Å². The molecule has 1 aliphatic heterocycles. The molecule has 0 bridgehead atoms. The molecule has 8 heteroatoms. The zero-order valence-corrected chi connectivity index (χ0v) is 16.7. The van der Waals surface area contributed by atoms with E-state index in [1.807, 2.05) is 31.4 Å². The number of imide groups is 1. The molecule has 2 heterocycles. The van der Waals surface area contributed by atoms with Gasteiger partial charge in [0.05, 0.1) is 5.69 Å². The van der Waals surface area contributed by atoms with Gasteiger partial charge in [-0.25, -0.2) is 9.78 Å². The van der Waals surface area contributed by atoms with Gasteiger partial charge >= 0.3 is 6.03 Å². The maximum absolute atomic E-state index is 12.6. The van der Waals surface area contributed by atoms with Gasteiger partial charge in [0.1, 0.15) is 12.1 Å². The first kappa shape index (κ1) is 18.6. The van der Waals surface area contributed by atoms with Gasteiger partial charge in [-0.2, -0.15) is 0 Å². The summed E-state index contributed by atoms with van der Waals surface area (Å²) < 4.78 is 0. The third-order valence-corrected chi connectivity index (χ3v) is 6.17. The van der Waals surface area contributed by atoms with Gasteiger partial charge in [-0.15, -0.1) is 11.3 Å². The molecule has 2 fully saturated rings. The minimum absolute atomic E-state index is 0.291. The number of nitrogens with zero attached hydrogens (tertiary/aromatic N) is 2. The minimum atomic E-state index is -0.797. The molecule has 1 saturated heterocycles. The third-order valence-electron chi connectivity index (χ3n) is 5.41. The van der Waals surface area contributed by atoms with Crippen molar-refractivity contribution in [2.75, 3.05) is 11.9 Å². The molecule has 0 unspecified atom stereocenters. The standard InChI is InChI=1S/C20H22N4O3S/c1-12-5-6-14(13(2)9-12)15-11-28-18(21-15)22-16(25)10-24-17(26)20(23-19(24)27)7-3-4-8-20/h5-6,9,11H,3-4,7-8,10H2,1-2H3,(H,23,27)(H,21,22,25). The summed E-state index contributed by atoms with van der Waals surface area (Å²) in [5.74, 6) is -0.722. The number of carbonyl (C=O) groups excluding carboxylic acids is 3. The van der Waals surface area contributed by atoms with Gasteiger partial charge in [-0.05, 0) is 32.3 Å². The molecular weight excluding hydrogens is 376 g/mol. The van der Waals surface area contributed by atoms with Crippen LogP contribution in [0.3, 0.4) is 0 Å². The number of thiazole rings is 1. The number of aryl methyl sites for hydroxylation is 2. The summed E-state index contributed by atoms with van der Waals surface area (Å²) in [5.41, 5.74) is 3.30. The highest BCUT2D eigenvalue weighted by Crippen LogP contribution is 2.35. The normalized spacial score (nSPS) is 18.0. The van der Waals surface area contributed by atoms with Gasteiger partial charge in [0.25, 0.3) is 5.91 Å². The Labute approximate surface area is 167 Å². The number of rotatable bonds is 4. The van der Waals surface area contributed by atoms with Crippen molar-refractivity contribution in [3.8, 4) is 11.3 Å². The van der Waals surface area contributed by atoms with Crippen LogP contribution >= 0.6 is 11.3 Å². The number of amides is 4. The van der Waals surface area contributed by atoms with Gasteiger partial charge in [-0.3, -0.25) is 14.5 Å². The van der Waals surface area contributed by atoms with Gasteiger partial charge in [-0.1, -0.05) is 36.6 Å². The maximum Gasteiger partial charge on any atom is 0.325 e. The molecule has 1 aromatic heterocycles. The number of benzene rings is 1. The molecule has 0 atom stereocenters. The van der Waals surface area contributed by atoms with E-state index in [-0.39, 0.29) is 12.5 Å². The average molecular weight is 398 g/mol. The largest absolute Gasteiger partial charge is 0.325 e. The number of aromatic nitrogens is 1. The second kappa shape index (κ2) is 7.01. The molecule has 1 aliphatic carbocycles. The van der Waals surface area contributed by atoms with Gasteiger partial charge in [0, 0.05) is 10.9 Å². The molecule has 1 spiro atoms. The molecule has 4 rings (SSSR count). The van der Waals surface area contributed by atoms with E-state index in [9.17, 15) is 14.4 Å². The first-order valence-electron chi connectivity index (χ1n) is 9.35. The number of anilines is 1. The Kier molecular flexibility index (Phi) is 4.66. The number of urea groups is 1. The van der Waals surface area contributed by atoms with Gasteiger partial charge in [0.2, 0.25) is 5.91 Å². The molecule has 28 heavy (non-hydrogen) atoms. The topological polar surface area (TPSA) is 91.4 Å². The van der Waals surface area contributed by atoms with E-state index in [0.717, 1.165) is 34.6 Å². The highest BCUT2D eigenvalue weighted by molar-refractivity contribution is 7.14. The summed E-state index contributed by atoms with van der Waals surface area (Å²) >= 11 is 1.32. The molecule has 2 N–H and O–H groups in total. The Bertz CT molecular complexity index is 962. The van der Waals surface area contributed by atoms with Crippen molar-refractivity contribution in [3.05, 3.63) is 34.7 Å². The van der Waals surface area contributed by atoms with Crippen LogP contribution < -0.4 is 10.6 Å². The summed E-state index contributed by atoms with van der Waals surface area (Å²) in [4.78, 5) is 42.7. The van der Waals surface area contributed by atoms with Crippen LogP contribution in [-0.4, -0.2) is 39.8 Å². The lowest BCUT2D eigenvalue weighted by Crippen LogP contribution is -2.44. The quantitative estimate of drug-likeness (QED) is 0.774. The van der Waals surface area contributed by atoms with E-state index in [0.29, 0.717) is 18.0 Å². The van der Waals surface area contributed by atoms with Crippen LogP contribution in [0.15, 0.2) is 23.6 Å². The van der Waals surface area contributed by atoms with Crippen molar-refractivity contribution >= 4 is 34.3 Å². The third kappa shape index (κ3) is 3.28. The van der Waals surface area contributed by atoms with Crippen molar-refractivity contribution in [2.45, 2.75) is 45.1 Å². The van der Waals surface area contributed by atoms with Crippen LogP contribution in [0.4, 0.5) is 9.93 Å². The molecule has 0 radical (unpaired) electrons. The van der Waals surface area contributed by atoms with E-state index in [2.05, 4.69) is 21.7 Å². The fourth-order valence-electron chi connectivity index (χ4n) is 4.00. The fourth-order valence-corrected chi connectivity index (χ4v) is 4.72. The minimum Gasteiger partial charge on any atom is -0.323 e. The molecular formula is C20H22N4O3S. The van der Waals surface area contributed by atoms with Crippen LogP contribution in [0.1, 0.15) is 36.8 Å². The van der Waals surface area contributed by atoms with Crippen LogP contribution in [-0.2, 0) is 9.59 Å². The second-order valence-electron chi connectivity index (χ2n) is 7.52. The summed E-state index contributed by atoms with van der Waals surface area (Å²) in [6.45, 7) is 3.76. The molecule has 146 valence electrons. The van der Waals surface area contributed by atoms with E-state index >= 15 is 0 Å². The molecule has 2 aromatic rings. The highest BCUT2D eigenvalue weighted by atomic mass is 32.1. The highest BCUT2D eigenvalue weighted by Gasteiger charge is 2.52. The Morgan fingerprint density at radius 1 is 1.29 bits per heavy atom. The molecule has 2 aliphatic rings. The first-order valence-corrected chi connectivity index (χ1v) is 10.2. The van der Waals surface area contributed by atoms with Crippen LogP contribution in [0, 0.1) is 13.8 Å². The van der Waals surface area contributed by atoms with E-state index < -0.39 is 17.5 Å². The maximum atomic E-state index is 12.6. The smallest absolute Gasteiger partial charge is 0.323 e. The van der Waals surface area contributed by atoms with E-state index in [1.54, 1.807) is 0 Å². The zero-order chi connectivity index (χ0) is 19.9. The molecule has 4 amide bonds. The van der Waals surface area contributed by atoms with Crippen molar-refractivity contribution in [1.82, 2.24) is 15.2 Å². The molecule has 1 saturated carbocycles.